The number of H-pyrrole nitrogens is 1. The van der Waals surface area contributed by atoms with E-state index >= 15 is 0 Å². The maximum absolute atomic E-state index is 4.55. The first-order valence-corrected chi connectivity index (χ1v) is 2.32. The predicted molar refractivity (Wildman–Crippen MR) is 29.0 cm³/mol. The number of tetrazole rings is 1. The van der Waals surface area contributed by atoms with Gasteiger partial charge in [0.25, 0.3) is 0 Å². The number of aromatic nitrogens is 4. The Morgan fingerprint density at radius 3 is 3.22 bits per heavy atom. The molecule has 9 heavy (non-hydrogen) atoms. The molecule has 1 N–H and O–H groups in total. The van der Waals surface area contributed by atoms with Crippen molar-refractivity contribution in [2.45, 2.75) is 6.92 Å². The summed E-state index contributed by atoms with van der Waals surface area (Å²) in [6, 6.07) is 0.119. The van der Waals surface area contributed by atoms with E-state index in [1.54, 1.807) is 6.92 Å². The van der Waals surface area contributed by atoms with Gasteiger partial charge in [-0.25, -0.2) is 0 Å². The molecule has 1 aromatic rings. The maximum Gasteiger partial charge on any atom is 0.383 e. The van der Waals surface area contributed by atoms with Crippen LogP contribution in [0, 0.1) is 0 Å². The summed E-state index contributed by atoms with van der Waals surface area (Å²) < 4.78 is 0. The van der Waals surface area contributed by atoms with Crippen LogP contribution in [0.15, 0.2) is 5.16 Å². The Kier molecular flexibility index (Phi) is 1.73. The normalized spacial score (nSPS) is 10.3. The maximum atomic E-state index is 4.55. The molecule has 0 bridgehead atoms. The van der Waals surface area contributed by atoms with Crippen molar-refractivity contribution in [3.05, 3.63) is 0 Å². The number of nitrogens with zero attached hydrogens (tertiary/aromatic N) is 4. The van der Waals surface area contributed by atoms with E-state index in [9.17, 15) is 0 Å². The SMILES string of the molecule is CC=NOc1nn[nH]n1. The number of hydrogen-bond donors (Lipinski definition) is 1. The first-order chi connectivity index (χ1) is 4.43. The first kappa shape index (κ1) is 5.67. The van der Waals surface area contributed by atoms with Crippen molar-refractivity contribution >= 4 is 6.21 Å². The summed E-state index contributed by atoms with van der Waals surface area (Å²) in [6.07, 6.45) is 1.48. The van der Waals surface area contributed by atoms with Gasteiger partial charge in [-0.15, -0.1) is 0 Å². The van der Waals surface area contributed by atoms with Crippen LogP contribution in [0.4, 0.5) is 0 Å². The molecule has 0 aliphatic rings. The topological polar surface area (TPSA) is 76.1 Å². The molecule has 1 rings (SSSR count). The third-order valence-corrected chi connectivity index (χ3v) is 0.566. The average molecular weight is 127 g/mol. The molecule has 0 unspecified atom stereocenters. The quantitative estimate of drug-likeness (QED) is 0.432. The molecular weight excluding hydrogens is 122 g/mol. The number of oxime groups is 1. The lowest BCUT2D eigenvalue weighted by molar-refractivity contribution is 0.315. The van der Waals surface area contributed by atoms with Crippen LogP contribution in [0.3, 0.4) is 0 Å². The molecule has 48 valence electrons. The second-order valence-corrected chi connectivity index (χ2v) is 1.15. The van der Waals surface area contributed by atoms with Crippen LogP contribution in [0.25, 0.3) is 0 Å². The summed E-state index contributed by atoms with van der Waals surface area (Å²) in [4.78, 5) is 4.55. The van der Waals surface area contributed by atoms with Crippen LogP contribution >= 0.6 is 0 Å². The van der Waals surface area contributed by atoms with E-state index in [2.05, 4.69) is 30.6 Å². The number of rotatable bonds is 2. The molecule has 0 aromatic carbocycles. The fourth-order valence-electron chi connectivity index (χ4n) is 0.291. The van der Waals surface area contributed by atoms with Gasteiger partial charge < -0.3 is 4.84 Å². The van der Waals surface area contributed by atoms with Gasteiger partial charge in [0.05, 0.1) is 0 Å². The number of nitrogens with one attached hydrogen (secondary N) is 1. The Morgan fingerprint density at radius 1 is 1.78 bits per heavy atom. The third-order valence-electron chi connectivity index (χ3n) is 0.566. The molecule has 6 heteroatoms. The molecule has 0 saturated heterocycles. The van der Waals surface area contributed by atoms with Crippen LogP contribution < -0.4 is 4.84 Å². The van der Waals surface area contributed by atoms with Crippen molar-refractivity contribution in [2.24, 2.45) is 5.16 Å². The molecule has 0 aliphatic carbocycles. The van der Waals surface area contributed by atoms with Crippen LogP contribution in [-0.2, 0) is 0 Å². The molecule has 0 fully saturated rings. The van der Waals surface area contributed by atoms with Gasteiger partial charge in [0.1, 0.15) is 0 Å². The van der Waals surface area contributed by atoms with Crippen molar-refractivity contribution in [1.29, 1.82) is 0 Å². The monoisotopic (exact) mass is 127 g/mol. The fourth-order valence-corrected chi connectivity index (χ4v) is 0.291. The van der Waals surface area contributed by atoms with Crippen LogP contribution in [-0.4, -0.2) is 26.8 Å². The van der Waals surface area contributed by atoms with E-state index in [1.807, 2.05) is 0 Å². The number of aromatic amines is 1. The van der Waals surface area contributed by atoms with Gasteiger partial charge in [-0.2, -0.15) is 5.21 Å². The largest absolute Gasteiger partial charge is 0.383 e. The molecule has 0 atom stereocenters. The van der Waals surface area contributed by atoms with Gasteiger partial charge >= 0.3 is 6.01 Å². The molecule has 6 nitrogen and oxygen atoms in total. The summed E-state index contributed by atoms with van der Waals surface area (Å²) in [5, 5.41) is 15.8. The summed E-state index contributed by atoms with van der Waals surface area (Å²) in [5.41, 5.74) is 0. The standard InChI is InChI=1S/C3H5N5O/c1-2-4-9-3-5-7-8-6-3/h2H,1H3,(H,5,6,7,8). The highest BCUT2D eigenvalue weighted by Gasteiger charge is 1.92. The highest BCUT2D eigenvalue weighted by atomic mass is 16.6. The van der Waals surface area contributed by atoms with E-state index < -0.39 is 0 Å². The second kappa shape index (κ2) is 2.75. The zero-order chi connectivity index (χ0) is 6.53. The lowest BCUT2D eigenvalue weighted by atomic mass is 10.9. The molecule has 1 heterocycles. The smallest absolute Gasteiger partial charge is 0.312 e. The van der Waals surface area contributed by atoms with E-state index in [0.717, 1.165) is 0 Å². The van der Waals surface area contributed by atoms with Crippen molar-refractivity contribution in [3.63, 3.8) is 0 Å². The van der Waals surface area contributed by atoms with Gasteiger partial charge in [-0.05, 0) is 12.1 Å². The molecule has 1 aromatic heterocycles. The van der Waals surface area contributed by atoms with Gasteiger partial charge in [0.2, 0.25) is 0 Å². The van der Waals surface area contributed by atoms with Gasteiger partial charge in [0.15, 0.2) is 0 Å². The Balaban J connectivity index is 2.48. The van der Waals surface area contributed by atoms with Crippen LogP contribution in [0.1, 0.15) is 6.92 Å². The minimum Gasteiger partial charge on any atom is -0.312 e. The van der Waals surface area contributed by atoms with Crippen molar-refractivity contribution in [1.82, 2.24) is 20.6 Å². The Bertz CT molecular complexity index is 180. The summed E-state index contributed by atoms with van der Waals surface area (Å²) in [6.45, 7) is 1.72. The molecule has 0 spiro atoms. The summed E-state index contributed by atoms with van der Waals surface area (Å²) in [7, 11) is 0. The van der Waals surface area contributed by atoms with Crippen LogP contribution in [0.5, 0.6) is 6.01 Å². The third kappa shape index (κ3) is 1.48. The van der Waals surface area contributed by atoms with E-state index in [0.29, 0.717) is 0 Å². The van der Waals surface area contributed by atoms with E-state index in [-0.39, 0.29) is 6.01 Å². The minimum atomic E-state index is 0.119. The Hall–Kier alpha value is -1.46. The molecular formula is C3H5N5O. The van der Waals surface area contributed by atoms with Crippen LogP contribution in [0.2, 0.25) is 0 Å². The van der Waals surface area contributed by atoms with E-state index in [4.69, 9.17) is 0 Å². The lowest BCUT2D eigenvalue weighted by Gasteiger charge is -1.82. The molecule has 0 amide bonds. The average Bonchev–Trinajstić information content (AvgIpc) is 2.34. The summed E-state index contributed by atoms with van der Waals surface area (Å²) >= 11 is 0. The Labute approximate surface area is 50.9 Å². The zero-order valence-electron chi connectivity index (χ0n) is 4.77. The van der Waals surface area contributed by atoms with Crippen molar-refractivity contribution in [2.75, 3.05) is 0 Å². The molecule has 0 saturated carbocycles. The predicted octanol–water partition coefficient (Wildman–Crippen LogP) is -0.416. The second-order valence-electron chi connectivity index (χ2n) is 1.15. The van der Waals surface area contributed by atoms with Gasteiger partial charge in [0, 0.05) is 6.21 Å². The lowest BCUT2D eigenvalue weighted by Crippen LogP contribution is -1.84. The zero-order valence-corrected chi connectivity index (χ0v) is 4.77. The van der Waals surface area contributed by atoms with Gasteiger partial charge in [-0.3, -0.25) is 0 Å². The van der Waals surface area contributed by atoms with Crippen molar-refractivity contribution < 1.29 is 4.84 Å². The fraction of sp³-hybridized carbons (Fsp3) is 0.333. The Morgan fingerprint density at radius 2 is 2.67 bits per heavy atom. The number of hydrogen-bond acceptors (Lipinski definition) is 5. The highest BCUT2D eigenvalue weighted by molar-refractivity contribution is 5.52. The first-order valence-electron chi connectivity index (χ1n) is 2.32. The highest BCUT2D eigenvalue weighted by Crippen LogP contribution is 1.92. The minimum absolute atomic E-state index is 0.119. The van der Waals surface area contributed by atoms with Crippen molar-refractivity contribution in [3.8, 4) is 6.01 Å². The molecule has 0 radical (unpaired) electrons. The summed E-state index contributed by atoms with van der Waals surface area (Å²) in [5.74, 6) is 0. The molecule has 0 aliphatic heterocycles. The van der Waals surface area contributed by atoms with E-state index in [1.165, 1.54) is 6.21 Å². The van der Waals surface area contributed by atoms with Gasteiger partial charge in [-0.1, -0.05) is 15.4 Å².